The first-order chi connectivity index (χ1) is 8.77. The lowest BCUT2D eigenvalue weighted by atomic mass is 9.90. The largest absolute Gasteiger partial charge is 0.396 e. The molecule has 0 amide bonds. The second-order valence-corrected chi connectivity index (χ2v) is 5.68. The smallest absolute Gasteiger partial charge is 0.0431 e. The van der Waals surface area contributed by atoms with Gasteiger partial charge in [0.2, 0.25) is 0 Å². The molecule has 0 aromatic carbocycles. The van der Waals surface area contributed by atoms with Crippen molar-refractivity contribution in [3.63, 3.8) is 0 Å². The Morgan fingerprint density at radius 3 is 2.33 bits per heavy atom. The van der Waals surface area contributed by atoms with Crippen molar-refractivity contribution >= 4 is 0 Å². The van der Waals surface area contributed by atoms with E-state index in [1.54, 1.807) is 0 Å². The molecule has 0 atom stereocenters. The van der Waals surface area contributed by atoms with E-state index in [-0.39, 0.29) is 0 Å². The Labute approximate surface area is 113 Å². The quantitative estimate of drug-likeness (QED) is 0.622. The third-order valence-electron chi connectivity index (χ3n) is 4.23. The molecule has 1 aliphatic rings. The SMILES string of the molecule is CCNC1CCC(N(C)CCCCCCO)CC1. The molecule has 0 heterocycles. The van der Waals surface area contributed by atoms with E-state index in [9.17, 15) is 0 Å². The van der Waals surface area contributed by atoms with Crippen molar-refractivity contribution in [2.75, 3.05) is 26.7 Å². The molecule has 0 aromatic heterocycles. The Morgan fingerprint density at radius 2 is 1.72 bits per heavy atom. The zero-order valence-electron chi connectivity index (χ0n) is 12.3. The molecule has 0 bridgehead atoms. The van der Waals surface area contributed by atoms with Crippen molar-refractivity contribution < 1.29 is 5.11 Å². The standard InChI is InChI=1S/C15H32N2O/c1-3-16-14-8-10-15(11-9-14)17(2)12-6-4-5-7-13-18/h14-16,18H,3-13H2,1-2H3. The summed E-state index contributed by atoms with van der Waals surface area (Å²) in [5, 5.41) is 12.3. The number of rotatable bonds is 9. The Hall–Kier alpha value is -0.120. The average Bonchev–Trinajstić information content (AvgIpc) is 2.39. The second kappa shape index (κ2) is 9.76. The molecule has 2 N–H and O–H groups in total. The van der Waals surface area contributed by atoms with Crippen molar-refractivity contribution in [2.24, 2.45) is 0 Å². The molecular weight excluding hydrogens is 224 g/mol. The highest BCUT2D eigenvalue weighted by Crippen LogP contribution is 2.22. The van der Waals surface area contributed by atoms with Crippen LogP contribution in [-0.2, 0) is 0 Å². The first-order valence-electron chi connectivity index (χ1n) is 7.82. The average molecular weight is 256 g/mol. The Bertz CT molecular complexity index is 191. The van der Waals surface area contributed by atoms with Crippen LogP contribution in [0.15, 0.2) is 0 Å². The van der Waals surface area contributed by atoms with E-state index in [1.165, 1.54) is 51.5 Å². The lowest BCUT2D eigenvalue weighted by molar-refractivity contribution is 0.171. The molecule has 108 valence electrons. The summed E-state index contributed by atoms with van der Waals surface area (Å²) < 4.78 is 0. The van der Waals surface area contributed by atoms with Crippen LogP contribution in [-0.4, -0.2) is 48.8 Å². The monoisotopic (exact) mass is 256 g/mol. The van der Waals surface area contributed by atoms with Gasteiger partial charge in [-0.25, -0.2) is 0 Å². The van der Waals surface area contributed by atoms with Crippen LogP contribution in [0, 0.1) is 0 Å². The van der Waals surface area contributed by atoms with E-state index in [1.807, 2.05) is 0 Å². The summed E-state index contributed by atoms with van der Waals surface area (Å²) in [6.45, 7) is 4.88. The fourth-order valence-corrected chi connectivity index (χ4v) is 3.02. The summed E-state index contributed by atoms with van der Waals surface area (Å²) in [5.41, 5.74) is 0. The van der Waals surface area contributed by atoms with Gasteiger partial charge in [-0.3, -0.25) is 0 Å². The van der Waals surface area contributed by atoms with Gasteiger partial charge in [0, 0.05) is 18.7 Å². The third-order valence-corrected chi connectivity index (χ3v) is 4.23. The van der Waals surface area contributed by atoms with Crippen LogP contribution in [0.5, 0.6) is 0 Å². The number of hydrogen-bond acceptors (Lipinski definition) is 3. The molecule has 0 saturated heterocycles. The van der Waals surface area contributed by atoms with Gasteiger partial charge in [-0.2, -0.15) is 0 Å². The summed E-state index contributed by atoms with van der Waals surface area (Å²) in [5.74, 6) is 0. The molecule has 0 aromatic rings. The van der Waals surface area contributed by atoms with E-state index < -0.39 is 0 Å². The lowest BCUT2D eigenvalue weighted by Gasteiger charge is -2.35. The Balaban J connectivity index is 2.06. The summed E-state index contributed by atoms with van der Waals surface area (Å²) in [7, 11) is 2.28. The molecule has 1 rings (SSSR count). The van der Waals surface area contributed by atoms with Crippen LogP contribution in [0.4, 0.5) is 0 Å². The predicted octanol–water partition coefficient (Wildman–Crippen LogP) is 2.39. The number of nitrogens with one attached hydrogen (secondary N) is 1. The maximum atomic E-state index is 8.73. The first-order valence-corrected chi connectivity index (χ1v) is 7.82. The molecule has 3 nitrogen and oxygen atoms in total. The molecule has 1 saturated carbocycles. The fourth-order valence-electron chi connectivity index (χ4n) is 3.02. The minimum atomic E-state index is 0.351. The molecule has 1 aliphatic carbocycles. The van der Waals surface area contributed by atoms with E-state index in [4.69, 9.17) is 5.11 Å². The lowest BCUT2D eigenvalue weighted by Crippen LogP contribution is -2.41. The Morgan fingerprint density at radius 1 is 1.06 bits per heavy atom. The summed E-state index contributed by atoms with van der Waals surface area (Å²) in [6.07, 6.45) is 10.1. The van der Waals surface area contributed by atoms with Crippen molar-refractivity contribution in [2.45, 2.75) is 70.4 Å². The van der Waals surface area contributed by atoms with Crippen LogP contribution in [0.2, 0.25) is 0 Å². The molecule has 0 spiro atoms. The van der Waals surface area contributed by atoms with Crippen LogP contribution in [0.1, 0.15) is 58.3 Å². The molecule has 0 radical (unpaired) electrons. The van der Waals surface area contributed by atoms with Gasteiger partial charge < -0.3 is 15.3 Å². The summed E-state index contributed by atoms with van der Waals surface area (Å²) in [4.78, 5) is 2.56. The number of aliphatic hydroxyl groups is 1. The van der Waals surface area contributed by atoms with E-state index in [2.05, 4.69) is 24.2 Å². The molecule has 3 heteroatoms. The highest BCUT2D eigenvalue weighted by atomic mass is 16.2. The van der Waals surface area contributed by atoms with Crippen LogP contribution in [0.3, 0.4) is 0 Å². The number of nitrogens with zero attached hydrogens (tertiary/aromatic N) is 1. The zero-order valence-corrected chi connectivity index (χ0v) is 12.3. The third kappa shape index (κ3) is 6.17. The minimum Gasteiger partial charge on any atom is -0.396 e. The summed E-state index contributed by atoms with van der Waals surface area (Å²) in [6, 6.07) is 1.57. The second-order valence-electron chi connectivity index (χ2n) is 5.68. The molecule has 1 fully saturated rings. The van der Waals surface area contributed by atoms with Gasteiger partial charge >= 0.3 is 0 Å². The first kappa shape index (κ1) is 15.9. The van der Waals surface area contributed by atoms with E-state index in [0.717, 1.165) is 25.0 Å². The van der Waals surface area contributed by atoms with Gasteiger partial charge in [-0.15, -0.1) is 0 Å². The molecule has 18 heavy (non-hydrogen) atoms. The van der Waals surface area contributed by atoms with Gasteiger partial charge in [0.15, 0.2) is 0 Å². The molecule has 0 aliphatic heterocycles. The van der Waals surface area contributed by atoms with Gasteiger partial charge in [0.25, 0.3) is 0 Å². The summed E-state index contributed by atoms with van der Waals surface area (Å²) >= 11 is 0. The maximum absolute atomic E-state index is 8.73. The predicted molar refractivity (Wildman–Crippen MR) is 77.9 cm³/mol. The van der Waals surface area contributed by atoms with Crippen molar-refractivity contribution in [3.05, 3.63) is 0 Å². The van der Waals surface area contributed by atoms with Gasteiger partial charge in [-0.1, -0.05) is 19.8 Å². The number of aliphatic hydroxyl groups excluding tert-OH is 1. The molecule has 0 unspecified atom stereocenters. The zero-order chi connectivity index (χ0) is 13.2. The van der Waals surface area contributed by atoms with Crippen LogP contribution < -0.4 is 5.32 Å². The van der Waals surface area contributed by atoms with Crippen molar-refractivity contribution in [1.29, 1.82) is 0 Å². The van der Waals surface area contributed by atoms with Crippen LogP contribution >= 0.6 is 0 Å². The van der Waals surface area contributed by atoms with Gasteiger partial charge in [0.1, 0.15) is 0 Å². The highest BCUT2D eigenvalue weighted by molar-refractivity contribution is 4.81. The maximum Gasteiger partial charge on any atom is 0.0431 e. The highest BCUT2D eigenvalue weighted by Gasteiger charge is 2.22. The van der Waals surface area contributed by atoms with Gasteiger partial charge in [0.05, 0.1) is 0 Å². The van der Waals surface area contributed by atoms with E-state index in [0.29, 0.717) is 6.61 Å². The number of unbranched alkanes of at least 4 members (excludes halogenated alkanes) is 3. The van der Waals surface area contributed by atoms with Crippen molar-refractivity contribution in [3.8, 4) is 0 Å². The topological polar surface area (TPSA) is 35.5 Å². The molecular formula is C15H32N2O. The van der Waals surface area contributed by atoms with Gasteiger partial charge in [-0.05, 0) is 58.7 Å². The normalized spacial score (nSPS) is 24.7. The van der Waals surface area contributed by atoms with E-state index >= 15 is 0 Å². The van der Waals surface area contributed by atoms with Crippen LogP contribution in [0.25, 0.3) is 0 Å². The fraction of sp³-hybridized carbons (Fsp3) is 1.00. The minimum absolute atomic E-state index is 0.351. The van der Waals surface area contributed by atoms with Crippen molar-refractivity contribution in [1.82, 2.24) is 10.2 Å². The Kier molecular flexibility index (Phi) is 8.64. The number of hydrogen-bond donors (Lipinski definition) is 2.